The van der Waals surface area contributed by atoms with Crippen LogP contribution in [-0.4, -0.2) is 33.5 Å². The van der Waals surface area contributed by atoms with Gasteiger partial charge in [-0.2, -0.15) is 0 Å². The molecule has 0 saturated heterocycles. The van der Waals surface area contributed by atoms with E-state index in [1.54, 1.807) is 18.4 Å². The predicted octanol–water partition coefficient (Wildman–Crippen LogP) is 5.40. The van der Waals surface area contributed by atoms with Crippen LogP contribution in [0.15, 0.2) is 58.0 Å². The van der Waals surface area contributed by atoms with E-state index in [4.69, 9.17) is 21.3 Å². The van der Waals surface area contributed by atoms with E-state index >= 15 is 0 Å². The summed E-state index contributed by atoms with van der Waals surface area (Å²) >= 11 is 9.58. The number of para-hydroxylation sites is 1. The van der Waals surface area contributed by atoms with E-state index in [1.807, 2.05) is 42.5 Å². The molecule has 8 heteroatoms. The number of methoxy groups -OCH3 is 1. The summed E-state index contributed by atoms with van der Waals surface area (Å²) in [6.45, 7) is 1.42. The topological polar surface area (TPSA) is 52.8 Å². The second kappa shape index (κ2) is 8.39. The fraction of sp³-hybridized carbons (Fsp3) is 0.211. The number of benzene rings is 2. The molecule has 4 aromatic rings. The maximum Gasteiger partial charge on any atom is 0.198 e. The first-order chi connectivity index (χ1) is 13.3. The van der Waals surface area contributed by atoms with Gasteiger partial charge >= 0.3 is 0 Å². The SMILES string of the molecule is COCCCn1c(Sc2nc3ccccc3s2)nnc1-c1ccccc1Cl. The zero-order chi connectivity index (χ0) is 18.6. The van der Waals surface area contributed by atoms with Crippen molar-refractivity contribution >= 4 is 44.9 Å². The second-order valence-electron chi connectivity index (χ2n) is 5.83. The van der Waals surface area contributed by atoms with Gasteiger partial charge in [-0.3, -0.25) is 0 Å². The number of aromatic nitrogens is 4. The van der Waals surface area contributed by atoms with Gasteiger partial charge in [0, 0.05) is 25.8 Å². The molecule has 4 rings (SSSR count). The molecule has 0 aliphatic heterocycles. The summed E-state index contributed by atoms with van der Waals surface area (Å²) in [5.74, 6) is 0.764. The van der Waals surface area contributed by atoms with Crippen LogP contribution in [0, 0.1) is 0 Å². The summed E-state index contributed by atoms with van der Waals surface area (Å²) in [6, 6.07) is 15.8. The fourth-order valence-electron chi connectivity index (χ4n) is 2.75. The number of ether oxygens (including phenoxy) is 1. The Morgan fingerprint density at radius 3 is 2.74 bits per heavy atom. The molecule has 0 spiro atoms. The molecule has 0 N–H and O–H groups in total. The molecule has 0 bridgehead atoms. The maximum absolute atomic E-state index is 6.39. The highest BCUT2D eigenvalue weighted by Crippen LogP contribution is 2.36. The quantitative estimate of drug-likeness (QED) is 0.378. The molecular formula is C19H17ClN4OS2. The van der Waals surface area contributed by atoms with Crippen LogP contribution in [0.5, 0.6) is 0 Å². The van der Waals surface area contributed by atoms with E-state index < -0.39 is 0 Å². The van der Waals surface area contributed by atoms with E-state index in [1.165, 1.54) is 11.8 Å². The first kappa shape index (κ1) is 18.4. The van der Waals surface area contributed by atoms with Crippen LogP contribution in [0.1, 0.15) is 6.42 Å². The molecule has 0 atom stereocenters. The molecule has 0 fully saturated rings. The average molecular weight is 417 g/mol. The van der Waals surface area contributed by atoms with Crippen LogP contribution in [0.3, 0.4) is 0 Å². The number of fused-ring (bicyclic) bond motifs is 1. The number of hydrogen-bond acceptors (Lipinski definition) is 6. The van der Waals surface area contributed by atoms with Gasteiger partial charge in [0.1, 0.15) is 0 Å². The Bertz CT molecular complexity index is 1030. The first-order valence-electron chi connectivity index (χ1n) is 8.46. The number of hydrogen-bond donors (Lipinski definition) is 0. The Labute approximate surface area is 170 Å². The number of thiazole rings is 1. The van der Waals surface area contributed by atoms with Crippen molar-refractivity contribution in [3.05, 3.63) is 53.6 Å². The van der Waals surface area contributed by atoms with Gasteiger partial charge in [-0.15, -0.1) is 21.5 Å². The van der Waals surface area contributed by atoms with Crippen LogP contribution in [-0.2, 0) is 11.3 Å². The molecule has 0 aliphatic carbocycles. The highest BCUT2D eigenvalue weighted by atomic mass is 35.5. The van der Waals surface area contributed by atoms with Crippen molar-refractivity contribution in [1.82, 2.24) is 19.7 Å². The standard InChI is InChI=1S/C19H17ClN4OS2/c1-25-12-6-11-24-17(13-7-2-3-8-14(13)20)22-23-18(24)27-19-21-15-9-4-5-10-16(15)26-19/h2-5,7-10H,6,11-12H2,1H3. The lowest BCUT2D eigenvalue weighted by molar-refractivity contribution is 0.189. The van der Waals surface area contributed by atoms with Crippen molar-refractivity contribution < 1.29 is 4.74 Å². The molecule has 138 valence electrons. The normalized spacial score (nSPS) is 11.3. The Balaban J connectivity index is 1.70. The van der Waals surface area contributed by atoms with Crippen molar-refractivity contribution in [3.8, 4) is 11.4 Å². The molecule has 0 radical (unpaired) electrons. The minimum Gasteiger partial charge on any atom is -0.385 e. The van der Waals surface area contributed by atoms with E-state index in [2.05, 4.69) is 20.8 Å². The summed E-state index contributed by atoms with van der Waals surface area (Å²) in [5, 5.41) is 10.3. The molecule has 2 aromatic carbocycles. The summed E-state index contributed by atoms with van der Waals surface area (Å²) in [5.41, 5.74) is 1.88. The van der Waals surface area contributed by atoms with Gasteiger partial charge < -0.3 is 9.30 Å². The molecule has 0 amide bonds. The van der Waals surface area contributed by atoms with Crippen molar-refractivity contribution in [2.24, 2.45) is 0 Å². The summed E-state index contributed by atoms with van der Waals surface area (Å²) in [7, 11) is 1.71. The zero-order valence-corrected chi connectivity index (χ0v) is 17.0. The maximum atomic E-state index is 6.39. The van der Waals surface area contributed by atoms with Gasteiger partial charge in [0.2, 0.25) is 0 Å². The summed E-state index contributed by atoms with van der Waals surface area (Å²) in [6.07, 6.45) is 0.861. The Morgan fingerprint density at radius 2 is 1.93 bits per heavy atom. The van der Waals surface area contributed by atoms with Crippen molar-refractivity contribution in [2.75, 3.05) is 13.7 Å². The van der Waals surface area contributed by atoms with Gasteiger partial charge in [-0.25, -0.2) is 4.98 Å². The van der Waals surface area contributed by atoms with E-state index in [-0.39, 0.29) is 0 Å². The molecule has 2 aromatic heterocycles. The van der Waals surface area contributed by atoms with E-state index in [0.29, 0.717) is 11.6 Å². The smallest absolute Gasteiger partial charge is 0.198 e. The number of halogens is 1. The third-order valence-corrected chi connectivity index (χ3v) is 6.43. The minimum absolute atomic E-state index is 0.662. The lowest BCUT2D eigenvalue weighted by Gasteiger charge is -2.10. The van der Waals surface area contributed by atoms with E-state index in [9.17, 15) is 0 Å². The van der Waals surface area contributed by atoms with Gasteiger partial charge in [0.25, 0.3) is 0 Å². The van der Waals surface area contributed by atoms with Crippen molar-refractivity contribution in [3.63, 3.8) is 0 Å². The lowest BCUT2D eigenvalue weighted by atomic mass is 10.2. The van der Waals surface area contributed by atoms with Crippen molar-refractivity contribution in [2.45, 2.75) is 22.5 Å². The first-order valence-corrected chi connectivity index (χ1v) is 10.5. The Kier molecular flexibility index (Phi) is 5.73. The van der Waals surface area contributed by atoms with Crippen LogP contribution in [0.25, 0.3) is 21.6 Å². The van der Waals surface area contributed by atoms with Crippen molar-refractivity contribution in [1.29, 1.82) is 0 Å². The monoisotopic (exact) mass is 416 g/mol. The van der Waals surface area contributed by atoms with Gasteiger partial charge in [0.15, 0.2) is 15.3 Å². The molecule has 2 heterocycles. The van der Waals surface area contributed by atoms with Crippen LogP contribution in [0.4, 0.5) is 0 Å². The lowest BCUT2D eigenvalue weighted by Crippen LogP contribution is -2.05. The van der Waals surface area contributed by atoms with Crippen LogP contribution >= 0.6 is 34.7 Å². The highest BCUT2D eigenvalue weighted by molar-refractivity contribution is 8.01. The van der Waals surface area contributed by atoms with Gasteiger partial charge in [-0.1, -0.05) is 35.9 Å². The number of nitrogens with zero attached hydrogens (tertiary/aromatic N) is 4. The predicted molar refractivity (Wildman–Crippen MR) is 111 cm³/mol. The molecule has 0 aliphatic rings. The van der Waals surface area contributed by atoms with E-state index in [0.717, 1.165) is 44.1 Å². The van der Waals surface area contributed by atoms with Gasteiger partial charge in [0.05, 0.1) is 15.2 Å². The zero-order valence-electron chi connectivity index (χ0n) is 14.6. The molecular weight excluding hydrogens is 400 g/mol. The average Bonchev–Trinajstić information content (AvgIpc) is 3.26. The summed E-state index contributed by atoms with van der Waals surface area (Å²) < 4.78 is 9.41. The highest BCUT2D eigenvalue weighted by Gasteiger charge is 2.18. The Morgan fingerprint density at radius 1 is 1.11 bits per heavy atom. The molecule has 0 unspecified atom stereocenters. The van der Waals surface area contributed by atoms with Crippen LogP contribution < -0.4 is 0 Å². The fourth-order valence-corrected chi connectivity index (χ4v) is 4.99. The van der Waals surface area contributed by atoms with Gasteiger partial charge in [-0.05, 0) is 42.4 Å². The molecule has 0 saturated carbocycles. The second-order valence-corrected chi connectivity index (χ2v) is 8.49. The minimum atomic E-state index is 0.662. The molecule has 5 nitrogen and oxygen atoms in total. The third-order valence-electron chi connectivity index (χ3n) is 4.01. The molecule has 27 heavy (non-hydrogen) atoms. The largest absolute Gasteiger partial charge is 0.385 e. The third kappa shape index (κ3) is 4.01. The Hall–Kier alpha value is -1.93. The number of rotatable bonds is 7. The van der Waals surface area contributed by atoms with Crippen LogP contribution in [0.2, 0.25) is 5.02 Å². The summed E-state index contributed by atoms with van der Waals surface area (Å²) in [4.78, 5) is 4.69.